The van der Waals surface area contributed by atoms with Gasteiger partial charge >= 0.3 is 5.97 Å². The van der Waals surface area contributed by atoms with Crippen LogP contribution in [0.2, 0.25) is 5.02 Å². The number of aryl methyl sites for hydroxylation is 1. The molecular formula is C54H61ClN4O7. The molecule has 1 saturated carbocycles. The molecule has 1 aliphatic heterocycles. The highest BCUT2D eigenvalue weighted by molar-refractivity contribution is 6.30. The number of anilines is 1. The molecule has 1 amide bonds. The topological polar surface area (TPSA) is 141 Å². The zero-order valence-electron chi connectivity index (χ0n) is 38.2. The number of ether oxygens (including phenoxy) is 4. The van der Waals surface area contributed by atoms with E-state index in [2.05, 4.69) is 46.6 Å². The Kier molecular flexibility index (Phi) is 13.4. The Labute approximate surface area is 393 Å². The van der Waals surface area contributed by atoms with Gasteiger partial charge in [0.05, 0.1) is 24.9 Å². The first kappa shape index (κ1) is 45.4. The van der Waals surface area contributed by atoms with E-state index in [4.69, 9.17) is 30.5 Å². The summed E-state index contributed by atoms with van der Waals surface area (Å²) in [6, 6.07) is 27.4. The maximum atomic E-state index is 13.2. The van der Waals surface area contributed by atoms with Gasteiger partial charge in [-0.1, -0.05) is 55.8 Å². The third-order valence-corrected chi connectivity index (χ3v) is 14.8. The lowest BCUT2D eigenvalue weighted by atomic mass is 9.59. The predicted octanol–water partition coefficient (Wildman–Crippen LogP) is 11.1. The van der Waals surface area contributed by atoms with Crippen molar-refractivity contribution >= 4 is 29.2 Å². The number of carboxylic acid groups (broad SMARTS) is 1. The average Bonchev–Trinajstić information content (AvgIpc) is 3.61. The van der Waals surface area contributed by atoms with Crippen LogP contribution >= 0.6 is 11.6 Å². The third kappa shape index (κ3) is 9.68. The molecule has 66 heavy (non-hydrogen) atoms. The lowest BCUT2D eigenvalue weighted by molar-refractivity contribution is -0.144. The van der Waals surface area contributed by atoms with Gasteiger partial charge in [-0.3, -0.25) is 9.78 Å². The van der Waals surface area contributed by atoms with Gasteiger partial charge in [0, 0.05) is 40.1 Å². The van der Waals surface area contributed by atoms with Crippen molar-refractivity contribution in [3.8, 4) is 34.4 Å². The van der Waals surface area contributed by atoms with Crippen LogP contribution in [0.1, 0.15) is 118 Å². The van der Waals surface area contributed by atoms with E-state index in [-0.39, 0.29) is 23.3 Å². The molecule has 1 spiro atoms. The maximum absolute atomic E-state index is 13.2. The summed E-state index contributed by atoms with van der Waals surface area (Å²) in [6.45, 7) is 8.51. The lowest BCUT2D eigenvalue weighted by Gasteiger charge is -2.47. The predicted molar refractivity (Wildman–Crippen MR) is 256 cm³/mol. The summed E-state index contributed by atoms with van der Waals surface area (Å²) in [5, 5.41) is 17.9. The normalized spacial score (nSPS) is 22.7. The lowest BCUT2D eigenvalue weighted by Crippen LogP contribution is -2.53. The molecule has 12 heteroatoms. The Hall–Kier alpha value is -5.81. The molecule has 11 nitrogen and oxygen atoms in total. The highest BCUT2D eigenvalue weighted by Crippen LogP contribution is 2.57. The Morgan fingerprint density at radius 2 is 1.79 bits per heavy atom. The first-order valence-electron chi connectivity index (χ1n) is 23.8. The van der Waals surface area contributed by atoms with Gasteiger partial charge in [-0.2, -0.15) is 0 Å². The molecule has 1 fully saturated rings. The van der Waals surface area contributed by atoms with Crippen LogP contribution in [0, 0.1) is 11.8 Å². The second-order valence-electron chi connectivity index (χ2n) is 19.1. The third-order valence-electron chi connectivity index (χ3n) is 14.5. The first-order chi connectivity index (χ1) is 32.0. The number of carbonyl (C=O) groups is 2. The molecule has 2 aromatic heterocycles. The number of aliphatic carboxylic acids is 1. The van der Waals surface area contributed by atoms with E-state index in [1.165, 1.54) is 22.4 Å². The van der Waals surface area contributed by atoms with Gasteiger partial charge in [0.25, 0.3) is 5.88 Å². The van der Waals surface area contributed by atoms with Crippen LogP contribution in [0.3, 0.4) is 0 Å². The number of hydrogen-bond acceptors (Lipinski definition) is 9. The zero-order valence-corrected chi connectivity index (χ0v) is 39.0. The van der Waals surface area contributed by atoms with Gasteiger partial charge in [-0.15, -0.1) is 0 Å². The minimum atomic E-state index is -1.12. The van der Waals surface area contributed by atoms with E-state index in [1.54, 1.807) is 12.1 Å². The van der Waals surface area contributed by atoms with E-state index in [0.717, 1.165) is 60.4 Å². The second-order valence-corrected chi connectivity index (χ2v) is 19.5. The standard InChI is InChI=1S/C54H61ClN4O7/c1-34(33-66-47-19-24-56-46-13-4-8-35(2)50(46)47)28-40-30-38-15-16-43(32-44(38)53(40)20-22-54(23-21-53,52(61)62)59-42-12-6-11-41(55)31-42)63-25-7-14-49(60)57-36(3)37-9-5-10-39(29-37)45-17-18-48-51(58-45)65-27-26-64-48/h5-6,9-12,15-19,24,29,31-32,34-36,40,59H,4,7-8,13-14,20-23,25-28,30,33H2,1-3H3,(H,57,60)(H,61,62)/t34-,35-,36-,40+,53?,54?/m1/s1. The van der Waals surface area contributed by atoms with Crippen LogP contribution in [-0.2, 0) is 27.8 Å². The number of hydrogen-bond donors (Lipinski definition) is 3. The molecule has 3 aromatic carbocycles. The Morgan fingerprint density at radius 1 is 0.955 bits per heavy atom. The van der Waals surface area contributed by atoms with Gasteiger partial charge in [0.2, 0.25) is 5.91 Å². The second kappa shape index (κ2) is 19.6. The van der Waals surface area contributed by atoms with Crippen molar-refractivity contribution in [3.05, 3.63) is 124 Å². The number of benzene rings is 3. The van der Waals surface area contributed by atoms with Crippen molar-refractivity contribution in [2.75, 3.05) is 31.7 Å². The highest BCUT2D eigenvalue weighted by atomic mass is 35.5. The fraction of sp³-hybridized carbons (Fsp3) is 0.444. The first-order valence-corrected chi connectivity index (χ1v) is 24.2. The van der Waals surface area contributed by atoms with Crippen LogP contribution in [0.15, 0.2) is 91.1 Å². The summed E-state index contributed by atoms with van der Waals surface area (Å²) in [6.07, 6.45) is 10.3. The van der Waals surface area contributed by atoms with E-state index in [0.29, 0.717) is 99.1 Å². The number of carbonyl (C=O) groups excluding carboxylic acids is 1. The molecule has 4 aliphatic rings. The van der Waals surface area contributed by atoms with Crippen molar-refractivity contribution in [2.24, 2.45) is 11.8 Å². The largest absolute Gasteiger partial charge is 0.494 e. The number of amides is 1. The number of nitrogens with one attached hydrogen (secondary N) is 2. The van der Waals surface area contributed by atoms with Crippen LogP contribution < -0.4 is 29.6 Å². The average molecular weight is 914 g/mol. The monoisotopic (exact) mass is 912 g/mol. The Balaban J connectivity index is 0.853. The zero-order chi connectivity index (χ0) is 45.8. The van der Waals surface area contributed by atoms with Gasteiger partial charge in [-0.25, -0.2) is 9.78 Å². The molecule has 0 bridgehead atoms. The number of nitrogens with zero attached hydrogens (tertiary/aromatic N) is 2. The number of fused-ring (bicyclic) bond motifs is 4. The summed E-state index contributed by atoms with van der Waals surface area (Å²) in [5.74, 6) is 2.99. The summed E-state index contributed by atoms with van der Waals surface area (Å²) in [5.41, 5.74) is 7.04. The highest BCUT2D eigenvalue weighted by Gasteiger charge is 2.54. The number of halogens is 1. The number of rotatable bonds is 16. The summed E-state index contributed by atoms with van der Waals surface area (Å²) >= 11 is 6.33. The van der Waals surface area contributed by atoms with Crippen LogP contribution in [-0.4, -0.2) is 58.9 Å². The molecular weight excluding hydrogens is 852 g/mol. The van der Waals surface area contributed by atoms with Crippen molar-refractivity contribution in [1.29, 1.82) is 0 Å². The number of carboxylic acids is 1. The maximum Gasteiger partial charge on any atom is 0.329 e. The molecule has 3 heterocycles. The molecule has 3 N–H and O–H groups in total. The molecule has 346 valence electrons. The van der Waals surface area contributed by atoms with Crippen molar-refractivity contribution in [2.45, 2.75) is 114 Å². The molecule has 9 rings (SSSR count). The fourth-order valence-corrected chi connectivity index (χ4v) is 11.2. The van der Waals surface area contributed by atoms with Crippen molar-refractivity contribution < 1.29 is 33.6 Å². The molecule has 5 aromatic rings. The van der Waals surface area contributed by atoms with Crippen molar-refractivity contribution in [3.63, 3.8) is 0 Å². The van der Waals surface area contributed by atoms with E-state index in [1.807, 2.05) is 73.8 Å². The van der Waals surface area contributed by atoms with Gasteiger partial charge in [-0.05, 0) is 166 Å². The summed E-state index contributed by atoms with van der Waals surface area (Å²) in [4.78, 5) is 35.7. The SMILES string of the molecule is C[C@@H](COc1ccnc2c1[C@H](C)CCC2)C[C@H]1Cc2ccc(OCCCC(=O)N[C@H](C)c3cccc(-c4ccc5c(n4)OCCO5)c3)cc2C12CCC(Nc1cccc(Cl)c1)(C(=O)O)CC2. The Morgan fingerprint density at radius 3 is 2.62 bits per heavy atom. The van der Waals surface area contributed by atoms with Gasteiger partial charge in [0.15, 0.2) is 5.75 Å². The molecule has 3 aliphatic carbocycles. The van der Waals surface area contributed by atoms with Crippen LogP contribution in [0.25, 0.3) is 11.3 Å². The van der Waals surface area contributed by atoms with Crippen molar-refractivity contribution in [1.82, 2.24) is 15.3 Å². The number of aromatic nitrogens is 2. The van der Waals surface area contributed by atoms with Gasteiger partial charge < -0.3 is 34.7 Å². The number of pyridine rings is 2. The summed E-state index contributed by atoms with van der Waals surface area (Å²) in [7, 11) is 0. The van der Waals surface area contributed by atoms with E-state index < -0.39 is 11.5 Å². The molecule has 0 radical (unpaired) electrons. The summed E-state index contributed by atoms with van der Waals surface area (Å²) < 4.78 is 24.3. The Bertz CT molecular complexity index is 2560. The minimum Gasteiger partial charge on any atom is -0.494 e. The minimum absolute atomic E-state index is 0.0448. The molecule has 4 atom stereocenters. The molecule has 0 saturated heterocycles. The van der Waals surface area contributed by atoms with Crippen LogP contribution in [0.4, 0.5) is 5.69 Å². The van der Waals surface area contributed by atoms with Gasteiger partial charge in [0.1, 0.15) is 30.3 Å². The van der Waals surface area contributed by atoms with Crippen LogP contribution in [0.5, 0.6) is 23.1 Å². The quantitative estimate of drug-likeness (QED) is 0.0819. The smallest absolute Gasteiger partial charge is 0.329 e. The van der Waals surface area contributed by atoms with E-state index in [9.17, 15) is 14.7 Å². The fourth-order valence-electron chi connectivity index (χ4n) is 11.0. The molecule has 0 unspecified atom stereocenters. The van der Waals surface area contributed by atoms with E-state index >= 15 is 0 Å².